The quantitative estimate of drug-likeness (QED) is 0.762. The molecule has 0 heterocycles. The number of halogens is 1. The van der Waals surface area contributed by atoms with Gasteiger partial charge in [-0.25, -0.2) is 0 Å². The van der Waals surface area contributed by atoms with E-state index in [9.17, 15) is 4.79 Å². The first kappa shape index (κ1) is 18.5. The molecule has 21 heavy (non-hydrogen) atoms. The van der Waals surface area contributed by atoms with Gasteiger partial charge in [0.15, 0.2) is 0 Å². The van der Waals surface area contributed by atoms with Crippen LogP contribution in [0.25, 0.3) is 0 Å². The van der Waals surface area contributed by atoms with Crippen molar-refractivity contribution >= 4 is 18.3 Å². The summed E-state index contributed by atoms with van der Waals surface area (Å²) in [5.74, 6) is 1.39. The molecule has 2 aliphatic rings. The van der Waals surface area contributed by atoms with Crippen molar-refractivity contribution in [2.75, 3.05) is 13.1 Å². The molecule has 2 aliphatic carbocycles. The summed E-state index contributed by atoms with van der Waals surface area (Å²) < 4.78 is 0. The monoisotopic (exact) mass is 314 g/mol. The zero-order chi connectivity index (χ0) is 14.4. The van der Waals surface area contributed by atoms with E-state index in [2.05, 4.69) is 6.58 Å². The van der Waals surface area contributed by atoms with Crippen molar-refractivity contribution < 1.29 is 4.79 Å². The molecule has 0 aromatic rings. The van der Waals surface area contributed by atoms with Gasteiger partial charge in [0.25, 0.3) is 0 Å². The van der Waals surface area contributed by atoms with Crippen molar-refractivity contribution in [2.45, 2.75) is 63.8 Å². The van der Waals surface area contributed by atoms with E-state index in [1.165, 1.54) is 38.5 Å². The van der Waals surface area contributed by atoms with Crippen molar-refractivity contribution in [3.63, 3.8) is 0 Å². The van der Waals surface area contributed by atoms with Crippen molar-refractivity contribution in [1.29, 1.82) is 0 Å². The smallest absolute Gasteiger partial charge is 0.223 e. The Morgan fingerprint density at radius 2 is 1.86 bits per heavy atom. The summed E-state index contributed by atoms with van der Waals surface area (Å²) in [4.78, 5) is 14.6. The Morgan fingerprint density at radius 3 is 2.43 bits per heavy atom. The predicted molar refractivity (Wildman–Crippen MR) is 90.5 cm³/mol. The van der Waals surface area contributed by atoms with Gasteiger partial charge in [0, 0.05) is 25.6 Å². The highest BCUT2D eigenvalue weighted by molar-refractivity contribution is 5.85. The Balaban J connectivity index is 0.00000220. The third kappa shape index (κ3) is 5.63. The summed E-state index contributed by atoms with van der Waals surface area (Å²) in [5, 5.41) is 0. The minimum Gasteiger partial charge on any atom is -0.339 e. The van der Waals surface area contributed by atoms with E-state index >= 15 is 0 Å². The van der Waals surface area contributed by atoms with Crippen LogP contribution in [0.1, 0.15) is 57.8 Å². The van der Waals surface area contributed by atoms with Crippen LogP contribution in [0, 0.1) is 11.8 Å². The van der Waals surface area contributed by atoms with E-state index < -0.39 is 0 Å². The zero-order valence-electron chi connectivity index (χ0n) is 13.1. The Hall–Kier alpha value is -0.540. The molecule has 0 aliphatic heterocycles. The molecule has 1 amide bonds. The summed E-state index contributed by atoms with van der Waals surface area (Å²) in [7, 11) is 0. The fraction of sp³-hybridized carbons (Fsp3) is 0.824. The average molecular weight is 315 g/mol. The number of rotatable bonds is 6. The molecule has 2 atom stereocenters. The lowest BCUT2D eigenvalue weighted by Gasteiger charge is -2.30. The van der Waals surface area contributed by atoms with Crippen LogP contribution in [0.4, 0.5) is 0 Å². The molecule has 4 heteroatoms. The largest absolute Gasteiger partial charge is 0.339 e. The topological polar surface area (TPSA) is 46.3 Å². The maximum atomic E-state index is 12.5. The average Bonchev–Trinajstić information content (AvgIpc) is 2.85. The molecule has 0 aromatic heterocycles. The molecular formula is C17H31ClN2O. The summed E-state index contributed by atoms with van der Waals surface area (Å²) in [6, 6.07) is 0.235. The lowest BCUT2D eigenvalue weighted by molar-refractivity contribution is -0.132. The predicted octanol–water partition coefficient (Wildman–Crippen LogP) is 3.52. The zero-order valence-corrected chi connectivity index (χ0v) is 14.0. The number of carbonyl (C=O) groups is 1. The molecule has 122 valence electrons. The van der Waals surface area contributed by atoms with Gasteiger partial charge in [-0.05, 0) is 37.5 Å². The number of hydrogen-bond acceptors (Lipinski definition) is 2. The molecule has 0 radical (unpaired) electrons. The van der Waals surface area contributed by atoms with Crippen LogP contribution in [0.2, 0.25) is 0 Å². The number of amides is 1. The summed E-state index contributed by atoms with van der Waals surface area (Å²) in [5.41, 5.74) is 6.09. The van der Waals surface area contributed by atoms with Crippen LogP contribution in [-0.2, 0) is 4.79 Å². The molecular weight excluding hydrogens is 284 g/mol. The maximum absolute atomic E-state index is 12.5. The first-order valence-corrected chi connectivity index (χ1v) is 8.35. The second-order valence-electron chi connectivity index (χ2n) is 6.65. The van der Waals surface area contributed by atoms with E-state index in [1.807, 2.05) is 11.0 Å². The third-order valence-corrected chi connectivity index (χ3v) is 5.06. The van der Waals surface area contributed by atoms with Crippen LogP contribution in [0.5, 0.6) is 0 Å². The highest BCUT2D eigenvalue weighted by Crippen LogP contribution is 2.28. The number of carbonyl (C=O) groups excluding carboxylic acids is 1. The summed E-state index contributed by atoms with van der Waals surface area (Å²) in [6.45, 7) is 5.42. The highest BCUT2D eigenvalue weighted by Gasteiger charge is 2.28. The summed E-state index contributed by atoms with van der Waals surface area (Å²) >= 11 is 0. The van der Waals surface area contributed by atoms with Gasteiger partial charge in [0.2, 0.25) is 5.91 Å². The summed E-state index contributed by atoms with van der Waals surface area (Å²) in [6.07, 6.45) is 12.5. The normalized spacial score (nSPS) is 26.1. The van der Waals surface area contributed by atoms with Crippen LogP contribution >= 0.6 is 12.4 Å². The molecule has 0 aromatic carbocycles. The Morgan fingerprint density at radius 1 is 1.14 bits per heavy atom. The fourth-order valence-electron chi connectivity index (χ4n) is 3.79. The number of nitrogens with two attached hydrogens (primary N) is 1. The molecule has 2 rings (SSSR count). The molecule has 2 N–H and O–H groups in total. The van der Waals surface area contributed by atoms with E-state index in [0.717, 1.165) is 19.4 Å². The maximum Gasteiger partial charge on any atom is 0.223 e. The third-order valence-electron chi connectivity index (χ3n) is 5.06. The van der Waals surface area contributed by atoms with Gasteiger partial charge in [-0.15, -0.1) is 19.0 Å². The molecule has 0 saturated heterocycles. The number of hydrogen-bond donors (Lipinski definition) is 1. The van der Waals surface area contributed by atoms with Crippen LogP contribution in [-0.4, -0.2) is 29.9 Å². The molecule has 2 fully saturated rings. The van der Waals surface area contributed by atoms with Gasteiger partial charge >= 0.3 is 0 Å². The highest BCUT2D eigenvalue weighted by atomic mass is 35.5. The minimum absolute atomic E-state index is 0. The lowest BCUT2D eigenvalue weighted by Crippen LogP contribution is -2.38. The van der Waals surface area contributed by atoms with E-state index in [0.29, 0.717) is 24.8 Å². The van der Waals surface area contributed by atoms with Gasteiger partial charge < -0.3 is 10.6 Å². The molecule has 0 unspecified atom stereocenters. The van der Waals surface area contributed by atoms with Gasteiger partial charge in [-0.2, -0.15) is 0 Å². The Labute approximate surface area is 135 Å². The van der Waals surface area contributed by atoms with Crippen molar-refractivity contribution in [3.05, 3.63) is 12.7 Å². The van der Waals surface area contributed by atoms with Crippen molar-refractivity contribution in [1.82, 2.24) is 4.90 Å². The second kappa shape index (κ2) is 9.47. The second-order valence-corrected chi connectivity index (χ2v) is 6.65. The first-order valence-electron chi connectivity index (χ1n) is 8.35. The Kier molecular flexibility index (Phi) is 8.35. The first-order chi connectivity index (χ1) is 9.70. The van der Waals surface area contributed by atoms with E-state index in [1.54, 1.807) is 0 Å². The SMILES string of the molecule is C=CCN(CC1CCCCC1)C(=O)C[C@@H]1CCC[C@H]1N.Cl. The minimum atomic E-state index is 0. The Bertz CT molecular complexity index is 329. The van der Waals surface area contributed by atoms with Crippen LogP contribution < -0.4 is 5.73 Å². The van der Waals surface area contributed by atoms with Gasteiger partial charge in [0.1, 0.15) is 0 Å². The van der Waals surface area contributed by atoms with Crippen LogP contribution in [0.15, 0.2) is 12.7 Å². The van der Waals surface area contributed by atoms with E-state index in [-0.39, 0.29) is 24.4 Å². The molecule has 3 nitrogen and oxygen atoms in total. The molecule has 2 saturated carbocycles. The van der Waals surface area contributed by atoms with Gasteiger partial charge in [0.05, 0.1) is 0 Å². The molecule has 0 bridgehead atoms. The van der Waals surface area contributed by atoms with Crippen LogP contribution in [0.3, 0.4) is 0 Å². The standard InChI is InChI=1S/C17H30N2O.ClH/c1-2-11-19(13-14-7-4-3-5-8-14)17(20)12-15-9-6-10-16(15)18;/h2,14-16H,1,3-13,18H2;1H/t15-,16+;/m0./s1. The van der Waals surface area contributed by atoms with Crippen molar-refractivity contribution in [2.24, 2.45) is 17.6 Å². The van der Waals surface area contributed by atoms with Gasteiger partial charge in [-0.3, -0.25) is 4.79 Å². The fourth-order valence-corrected chi connectivity index (χ4v) is 3.79. The number of nitrogens with zero attached hydrogens (tertiary/aromatic N) is 1. The van der Waals surface area contributed by atoms with Crippen molar-refractivity contribution in [3.8, 4) is 0 Å². The van der Waals surface area contributed by atoms with Gasteiger partial charge in [-0.1, -0.05) is 31.8 Å². The van der Waals surface area contributed by atoms with E-state index in [4.69, 9.17) is 5.73 Å². The molecule has 0 spiro atoms. The lowest BCUT2D eigenvalue weighted by atomic mass is 9.88.